The maximum atomic E-state index is 12.9. The van der Waals surface area contributed by atoms with E-state index in [0.717, 1.165) is 37.2 Å². The molecule has 2 bridgehead atoms. The van der Waals surface area contributed by atoms with E-state index in [1.807, 2.05) is 6.07 Å². The van der Waals surface area contributed by atoms with Crippen LogP contribution in [0.4, 0.5) is 5.69 Å². The molecule has 0 aromatic heterocycles. The van der Waals surface area contributed by atoms with Crippen LogP contribution in [0.25, 0.3) is 0 Å². The van der Waals surface area contributed by atoms with Gasteiger partial charge in [-0.3, -0.25) is 9.69 Å². The third-order valence-corrected chi connectivity index (χ3v) is 7.56. The lowest BCUT2D eigenvalue weighted by Gasteiger charge is -2.54. The molecule has 0 N–H and O–H groups in total. The van der Waals surface area contributed by atoms with E-state index >= 15 is 0 Å². The van der Waals surface area contributed by atoms with Crippen LogP contribution in [0.5, 0.6) is 0 Å². The van der Waals surface area contributed by atoms with Gasteiger partial charge in [-0.05, 0) is 42.2 Å². The Kier molecular flexibility index (Phi) is 2.96. The number of anilines is 1. The van der Waals surface area contributed by atoms with E-state index < -0.39 is 0 Å². The molecule has 4 atom stereocenters. The van der Waals surface area contributed by atoms with Gasteiger partial charge in [0, 0.05) is 42.1 Å². The van der Waals surface area contributed by atoms with E-state index in [2.05, 4.69) is 34.1 Å². The first kappa shape index (κ1) is 15.6. The van der Waals surface area contributed by atoms with Crippen molar-refractivity contribution in [1.29, 1.82) is 0 Å². The van der Waals surface area contributed by atoms with Crippen molar-refractivity contribution in [3.05, 3.63) is 53.1 Å². The summed E-state index contributed by atoms with van der Waals surface area (Å²) in [5, 5.41) is 0. The quantitative estimate of drug-likeness (QED) is 0.437. The van der Waals surface area contributed by atoms with Gasteiger partial charge in [-0.1, -0.05) is 24.3 Å². The Morgan fingerprint density at radius 2 is 2.19 bits per heavy atom. The smallest absolute Gasteiger partial charge is 0.330 e. The summed E-state index contributed by atoms with van der Waals surface area (Å²) in [5.41, 5.74) is 4.95. The van der Waals surface area contributed by atoms with Crippen LogP contribution in [0.1, 0.15) is 24.8 Å². The van der Waals surface area contributed by atoms with Gasteiger partial charge in [0.25, 0.3) is 0 Å². The highest BCUT2D eigenvalue weighted by Crippen LogP contribution is 2.63. The van der Waals surface area contributed by atoms with E-state index in [-0.39, 0.29) is 29.3 Å². The van der Waals surface area contributed by atoms with E-state index in [1.54, 1.807) is 6.08 Å². The largest absolute Gasteiger partial charge is 0.466 e. The van der Waals surface area contributed by atoms with E-state index in [0.29, 0.717) is 12.5 Å². The molecule has 5 aliphatic rings. The molecule has 6 rings (SSSR count). The molecular weight excluding hydrogens is 340 g/mol. The molecule has 5 nitrogen and oxygen atoms in total. The summed E-state index contributed by atoms with van der Waals surface area (Å²) in [7, 11) is 1.43. The molecule has 1 aliphatic carbocycles. The number of para-hydroxylation sites is 1. The van der Waals surface area contributed by atoms with Crippen molar-refractivity contribution in [2.45, 2.75) is 36.8 Å². The van der Waals surface area contributed by atoms with Crippen LogP contribution in [0.3, 0.4) is 0 Å². The number of amides is 1. The Bertz CT molecular complexity index is 949. The minimum Gasteiger partial charge on any atom is -0.466 e. The van der Waals surface area contributed by atoms with Crippen molar-refractivity contribution in [3.8, 4) is 0 Å². The van der Waals surface area contributed by atoms with E-state index in [4.69, 9.17) is 4.74 Å². The number of methoxy groups -OCH3 is 1. The van der Waals surface area contributed by atoms with Gasteiger partial charge < -0.3 is 9.64 Å². The second kappa shape index (κ2) is 5.10. The van der Waals surface area contributed by atoms with Gasteiger partial charge in [0.05, 0.1) is 13.2 Å². The van der Waals surface area contributed by atoms with Crippen LogP contribution in [-0.4, -0.2) is 49.1 Å². The van der Waals surface area contributed by atoms with Crippen LogP contribution in [0.15, 0.2) is 47.6 Å². The maximum Gasteiger partial charge on any atom is 0.330 e. The standard InChI is InChI=1S/C22H22N2O3/c1-27-20(26)10-13-12-23-9-8-22-16-4-2-3-5-17(16)24-19(25)7-6-14(21(22)24)15(13)11-18(22)23/h2-6,10,15,18,21H,7-9,11-12H2,1H3/b13-10-/t15-,18+,21-,22+/m0/s1. The number of nitrogens with zero attached hydrogens (tertiary/aromatic N) is 2. The SMILES string of the molecule is COC(=O)/C=C1/CN2CC[C@@]34c5ccccc5N5C(=O)CC=C([C@H]1C[C@@H]23)[C@H]54. The summed E-state index contributed by atoms with van der Waals surface area (Å²) in [5.74, 6) is 0.162. The fourth-order valence-corrected chi connectivity index (χ4v) is 6.65. The number of carbonyl (C=O) groups excluding carboxylic acids is 2. The summed E-state index contributed by atoms with van der Waals surface area (Å²) in [6.07, 6.45) is 6.40. The first-order chi connectivity index (χ1) is 13.1. The Morgan fingerprint density at radius 3 is 3.04 bits per heavy atom. The van der Waals surface area contributed by atoms with E-state index in [9.17, 15) is 9.59 Å². The monoisotopic (exact) mass is 362 g/mol. The second-order valence-electron chi connectivity index (χ2n) is 8.40. The predicted octanol–water partition coefficient (Wildman–Crippen LogP) is 2.18. The zero-order chi connectivity index (χ0) is 18.3. The minimum atomic E-state index is -0.279. The zero-order valence-electron chi connectivity index (χ0n) is 15.4. The number of esters is 1. The summed E-state index contributed by atoms with van der Waals surface area (Å²) in [4.78, 5) is 29.5. The number of ether oxygens (including phenoxy) is 1. The van der Waals surface area contributed by atoms with Gasteiger partial charge in [-0.2, -0.15) is 0 Å². The van der Waals surface area contributed by atoms with Crippen LogP contribution in [0, 0.1) is 5.92 Å². The topological polar surface area (TPSA) is 49.9 Å². The van der Waals surface area contributed by atoms with E-state index in [1.165, 1.54) is 18.2 Å². The van der Waals surface area contributed by atoms with Crippen LogP contribution < -0.4 is 4.90 Å². The predicted molar refractivity (Wildman–Crippen MR) is 100 cm³/mol. The molecule has 4 aliphatic heterocycles. The molecular formula is C22H22N2O3. The molecule has 138 valence electrons. The normalized spacial score (nSPS) is 37.1. The van der Waals surface area contributed by atoms with Gasteiger partial charge in [0.2, 0.25) is 5.91 Å². The average Bonchev–Trinajstić information content (AvgIpc) is 3.22. The van der Waals surface area contributed by atoms with Crippen LogP contribution >= 0.6 is 0 Å². The molecule has 1 aromatic rings. The van der Waals surface area contributed by atoms with Gasteiger partial charge >= 0.3 is 5.97 Å². The lowest BCUT2D eigenvalue weighted by Crippen LogP contribution is -2.63. The number of rotatable bonds is 1. The third-order valence-electron chi connectivity index (χ3n) is 7.56. The Labute approximate surface area is 158 Å². The lowest BCUT2D eigenvalue weighted by atomic mass is 9.57. The zero-order valence-corrected chi connectivity index (χ0v) is 15.4. The van der Waals surface area contributed by atoms with Crippen molar-refractivity contribution >= 4 is 17.6 Å². The number of piperidine rings is 1. The maximum absolute atomic E-state index is 12.9. The molecule has 0 radical (unpaired) electrons. The molecule has 1 amide bonds. The minimum absolute atomic E-state index is 0.00576. The van der Waals surface area contributed by atoms with Gasteiger partial charge in [-0.15, -0.1) is 0 Å². The number of carbonyl (C=O) groups is 2. The van der Waals surface area contributed by atoms with Crippen molar-refractivity contribution in [3.63, 3.8) is 0 Å². The average molecular weight is 362 g/mol. The van der Waals surface area contributed by atoms with Crippen molar-refractivity contribution in [1.82, 2.24) is 4.90 Å². The molecule has 4 heterocycles. The van der Waals surface area contributed by atoms with Crippen LogP contribution in [-0.2, 0) is 19.7 Å². The molecule has 1 saturated carbocycles. The molecule has 5 heteroatoms. The molecule has 3 fully saturated rings. The van der Waals surface area contributed by atoms with Crippen LogP contribution in [0.2, 0.25) is 0 Å². The highest BCUT2D eigenvalue weighted by Gasteiger charge is 2.67. The molecule has 0 unspecified atom stereocenters. The second-order valence-corrected chi connectivity index (χ2v) is 8.40. The molecule has 27 heavy (non-hydrogen) atoms. The van der Waals surface area contributed by atoms with Gasteiger partial charge in [0.1, 0.15) is 0 Å². The summed E-state index contributed by atoms with van der Waals surface area (Å²) in [6.45, 7) is 1.84. The lowest BCUT2D eigenvalue weighted by molar-refractivity contribution is -0.135. The number of hydrogen-bond donors (Lipinski definition) is 0. The Hall–Kier alpha value is -2.40. The Balaban J connectivity index is 1.58. The molecule has 1 aromatic carbocycles. The number of hydrogen-bond acceptors (Lipinski definition) is 4. The fraction of sp³-hybridized carbons (Fsp3) is 0.455. The molecule has 1 spiro atoms. The highest BCUT2D eigenvalue weighted by atomic mass is 16.5. The summed E-state index contributed by atoms with van der Waals surface area (Å²) in [6, 6.07) is 9.03. The summed E-state index contributed by atoms with van der Waals surface area (Å²) >= 11 is 0. The number of benzene rings is 1. The van der Waals surface area contributed by atoms with Gasteiger partial charge in [-0.25, -0.2) is 4.79 Å². The third kappa shape index (κ3) is 1.74. The molecule has 2 saturated heterocycles. The van der Waals surface area contributed by atoms with Crippen molar-refractivity contribution in [2.75, 3.05) is 25.1 Å². The fourth-order valence-electron chi connectivity index (χ4n) is 6.65. The first-order valence-corrected chi connectivity index (χ1v) is 9.79. The Morgan fingerprint density at radius 1 is 1.33 bits per heavy atom. The number of fused-ring (bicyclic) bond motifs is 4. The van der Waals surface area contributed by atoms with Crippen molar-refractivity contribution in [2.24, 2.45) is 5.92 Å². The highest BCUT2D eigenvalue weighted by molar-refractivity contribution is 6.01. The first-order valence-electron chi connectivity index (χ1n) is 9.79. The van der Waals surface area contributed by atoms with Crippen molar-refractivity contribution < 1.29 is 14.3 Å². The summed E-state index contributed by atoms with van der Waals surface area (Å²) < 4.78 is 4.91. The van der Waals surface area contributed by atoms with Gasteiger partial charge in [0.15, 0.2) is 0 Å².